The maximum Gasteiger partial charge on any atom is 0.357 e. The molecule has 0 N–H and O–H groups in total. The molecule has 4 rings (SSSR count). The van der Waals surface area contributed by atoms with Crippen LogP contribution in [0.3, 0.4) is 0 Å². The Labute approximate surface area is 204 Å². The SMILES string of the molecule is CCOC(=O)c1c(-c2cc3cc(OC)ccc3oc2=O)nn(-c2cccc(Cl)c2)c1C(=O)OCC. The first-order valence-corrected chi connectivity index (χ1v) is 11.1. The zero-order valence-corrected chi connectivity index (χ0v) is 19.9. The van der Waals surface area contributed by atoms with E-state index in [1.165, 1.54) is 17.9 Å². The van der Waals surface area contributed by atoms with Crippen LogP contribution in [0.5, 0.6) is 5.75 Å². The van der Waals surface area contributed by atoms with E-state index < -0.39 is 17.6 Å². The van der Waals surface area contributed by atoms with Gasteiger partial charge in [-0.05, 0) is 56.3 Å². The second-order valence-electron chi connectivity index (χ2n) is 7.26. The van der Waals surface area contributed by atoms with Crippen molar-refractivity contribution in [3.63, 3.8) is 0 Å². The highest BCUT2D eigenvalue weighted by molar-refractivity contribution is 6.30. The van der Waals surface area contributed by atoms with E-state index in [-0.39, 0.29) is 35.7 Å². The Hall–Kier alpha value is -4.11. The quantitative estimate of drug-likeness (QED) is 0.268. The molecule has 10 heteroatoms. The first-order chi connectivity index (χ1) is 16.9. The number of fused-ring (bicyclic) bond motifs is 1. The molecule has 0 aliphatic heterocycles. The van der Waals surface area contributed by atoms with E-state index in [2.05, 4.69) is 5.10 Å². The summed E-state index contributed by atoms with van der Waals surface area (Å²) in [6, 6.07) is 13.0. The van der Waals surface area contributed by atoms with Crippen molar-refractivity contribution in [3.8, 4) is 22.7 Å². The number of aromatic nitrogens is 2. The second-order valence-corrected chi connectivity index (χ2v) is 7.69. The predicted molar refractivity (Wildman–Crippen MR) is 129 cm³/mol. The third-order valence-electron chi connectivity index (χ3n) is 5.08. The maximum atomic E-state index is 13.1. The van der Waals surface area contributed by atoms with Crippen molar-refractivity contribution in [1.29, 1.82) is 0 Å². The molecular weight excluding hydrogens is 476 g/mol. The molecule has 0 unspecified atom stereocenters. The summed E-state index contributed by atoms with van der Waals surface area (Å²) in [5.74, 6) is -1.12. The van der Waals surface area contributed by atoms with Crippen molar-refractivity contribution in [1.82, 2.24) is 9.78 Å². The minimum atomic E-state index is -0.844. The van der Waals surface area contributed by atoms with E-state index in [4.69, 9.17) is 30.2 Å². The number of hydrogen-bond acceptors (Lipinski definition) is 8. The minimum absolute atomic E-state index is 0.0341. The Morgan fingerprint density at radius 1 is 1.03 bits per heavy atom. The summed E-state index contributed by atoms with van der Waals surface area (Å²) in [6.07, 6.45) is 0. The summed E-state index contributed by atoms with van der Waals surface area (Å²) in [5, 5.41) is 5.38. The van der Waals surface area contributed by atoms with Crippen LogP contribution in [0, 0.1) is 0 Å². The van der Waals surface area contributed by atoms with Gasteiger partial charge < -0.3 is 18.6 Å². The van der Waals surface area contributed by atoms with Crippen LogP contribution in [-0.4, -0.2) is 42.0 Å². The normalized spacial score (nSPS) is 10.9. The number of ether oxygens (including phenoxy) is 3. The highest BCUT2D eigenvalue weighted by Gasteiger charge is 2.33. The van der Waals surface area contributed by atoms with Gasteiger partial charge in [-0.2, -0.15) is 5.10 Å². The summed E-state index contributed by atoms with van der Waals surface area (Å²) < 4.78 is 22.4. The molecule has 2 heterocycles. The number of carbonyl (C=O) groups is 2. The fourth-order valence-corrected chi connectivity index (χ4v) is 3.76. The molecule has 35 heavy (non-hydrogen) atoms. The van der Waals surface area contributed by atoms with Gasteiger partial charge in [0, 0.05) is 10.4 Å². The van der Waals surface area contributed by atoms with Crippen LogP contribution >= 0.6 is 11.6 Å². The maximum absolute atomic E-state index is 13.1. The van der Waals surface area contributed by atoms with Crippen molar-refractivity contribution in [2.24, 2.45) is 0 Å². The van der Waals surface area contributed by atoms with Crippen LogP contribution < -0.4 is 10.4 Å². The Kier molecular flexibility index (Phi) is 6.88. The Bertz CT molecular complexity index is 1490. The van der Waals surface area contributed by atoms with Gasteiger partial charge in [-0.1, -0.05) is 17.7 Å². The van der Waals surface area contributed by atoms with Crippen molar-refractivity contribution in [2.75, 3.05) is 20.3 Å². The molecule has 0 fully saturated rings. The molecule has 2 aromatic carbocycles. The fraction of sp³-hybridized carbons (Fsp3) is 0.200. The number of benzene rings is 2. The molecule has 0 aliphatic carbocycles. The topological polar surface area (TPSA) is 110 Å². The standard InChI is InChI=1S/C25H21ClN2O7/c1-4-33-24(30)20-21(18-12-14-11-17(32-3)9-10-19(14)35-23(18)29)27-28(22(20)25(31)34-5-2)16-8-6-7-15(26)13-16/h6-13H,4-5H2,1-3H3. The lowest BCUT2D eigenvalue weighted by Gasteiger charge is -2.09. The van der Waals surface area contributed by atoms with E-state index in [1.807, 2.05) is 0 Å². The summed E-state index contributed by atoms with van der Waals surface area (Å²) in [4.78, 5) is 39.1. The third-order valence-corrected chi connectivity index (χ3v) is 5.32. The summed E-state index contributed by atoms with van der Waals surface area (Å²) in [5.41, 5.74) is -0.613. The number of rotatable bonds is 7. The molecule has 0 saturated heterocycles. The molecule has 0 saturated carbocycles. The number of carbonyl (C=O) groups excluding carboxylic acids is 2. The predicted octanol–water partition coefficient (Wildman–Crippen LogP) is 4.66. The van der Waals surface area contributed by atoms with Crippen molar-refractivity contribution >= 4 is 34.5 Å². The number of halogens is 1. The molecular formula is C25H21ClN2O7. The number of hydrogen-bond donors (Lipinski definition) is 0. The largest absolute Gasteiger partial charge is 0.497 e. The van der Waals surface area contributed by atoms with E-state index >= 15 is 0 Å². The molecule has 0 bridgehead atoms. The molecule has 0 aliphatic rings. The van der Waals surface area contributed by atoms with Crippen molar-refractivity contribution in [2.45, 2.75) is 13.8 Å². The molecule has 9 nitrogen and oxygen atoms in total. The average Bonchev–Trinajstić information content (AvgIpc) is 3.24. The van der Waals surface area contributed by atoms with Crippen LogP contribution in [-0.2, 0) is 9.47 Å². The molecule has 0 radical (unpaired) electrons. The van der Waals surface area contributed by atoms with Gasteiger partial charge in [0.15, 0.2) is 5.69 Å². The van der Waals surface area contributed by atoms with Crippen LogP contribution in [0.4, 0.5) is 0 Å². The van der Waals surface area contributed by atoms with Crippen molar-refractivity contribution < 1.29 is 28.2 Å². The van der Waals surface area contributed by atoms with Gasteiger partial charge in [-0.3, -0.25) is 0 Å². The van der Waals surface area contributed by atoms with E-state index in [0.29, 0.717) is 27.4 Å². The van der Waals surface area contributed by atoms with E-state index in [9.17, 15) is 14.4 Å². The van der Waals surface area contributed by atoms with Gasteiger partial charge in [-0.15, -0.1) is 0 Å². The first kappa shape index (κ1) is 24.0. The van der Waals surface area contributed by atoms with Gasteiger partial charge >= 0.3 is 17.6 Å². The first-order valence-electron chi connectivity index (χ1n) is 10.7. The average molecular weight is 497 g/mol. The number of nitrogens with zero attached hydrogens (tertiary/aromatic N) is 2. The summed E-state index contributed by atoms with van der Waals surface area (Å²) in [6.45, 7) is 3.34. The molecule has 2 aromatic heterocycles. The highest BCUT2D eigenvalue weighted by Crippen LogP contribution is 2.31. The zero-order valence-electron chi connectivity index (χ0n) is 19.2. The molecule has 4 aromatic rings. The number of methoxy groups -OCH3 is 1. The second kappa shape index (κ2) is 10.0. The lowest BCUT2D eigenvalue weighted by molar-refractivity contribution is 0.0473. The van der Waals surface area contributed by atoms with Crippen LogP contribution in [0.15, 0.2) is 57.7 Å². The lowest BCUT2D eigenvalue weighted by Crippen LogP contribution is -2.17. The Balaban J connectivity index is 2.07. The van der Waals surface area contributed by atoms with Crippen molar-refractivity contribution in [3.05, 3.63) is 75.2 Å². The van der Waals surface area contributed by atoms with Crippen LogP contribution in [0.2, 0.25) is 5.02 Å². The van der Waals surface area contributed by atoms with Gasteiger partial charge in [-0.25, -0.2) is 19.1 Å². The van der Waals surface area contributed by atoms with E-state index in [1.54, 1.807) is 56.3 Å². The Morgan fingerprint density at radius 3 is 2.46 bits per heavy atom. The highest BCUT2D eigenvalue weighted by atomic mass is 35.5. The van der Waals surface area contributed by atoms with Crippen LogP contribution in [0.1, 0.15) is 34.7 Å². The van der Waals surface area contributed by atoms with Gasteiger partial charge in [0.1, 0.15) is 22.6 Å². The summed E-state index contributed by atoms with van der Waals surface area (Å²) >= 11 is 6.16. The lowest BCUT2D eigenvalue weighted by atomic mass is 10.1. The van der Waals surface area contributed by atoms with Gasteiger partial charge in [0.2, 0.25) is 0 Å². The molecule has 180 valence electrons. The smallest absolute Gasteiger partial charge is 0.357 e. The number of esters is 2. The monoisotopic (exact) mass is 496 g/mol. The molecule has 0 amide bonds. The van der Waals surface area contributed by atoms with Crippen LogP contribution in [0.25, 0.3) is 27.9 Å². The third kappa shape index (κ3) is 4.63. The Morgan fingerprint density at radius 2 is 1.77 bits per heavy atom. The molecule has 0 spiro atoms. The van der Waals surface area contributed by atoms with Gasteiger partial charge in [0.25, 0.3) is 0 Å². The molecule has 0 atom stereocenters. The zero-order chi connectivity index (χ0) is 25.1. The minimum Gasteiger partial charge on any atom is -0.497 e. The van der Waals surface area contributed by atoms with Gasteiger partial charge in [0.05, 0.1) is 31.6 Å². The summed E-state index contributed by atoms with van der Waals surface area (Å²) in [7, 11) is 1.51. The fourth-order valence-electron chi connectivity index (χ4n) is 3.58. The van der Waals surface area contributed by atoms with E-state index in [0.717, 1.165) is 0 Å².